The number of rotatable bonds is 7. The molecule has 1 aromatic rings. The highest BCUT2D eigenvalue weighted by Gasteiger charge is 2.56. The van der Waals surface area contributed by atoms with Gasteiger partial charge in [0, 0.05) is 19.7 Å². The van der Waals surface area contributed by atoms with Gasteiger partial charge in [0.25, 0.3) is 0 Å². The van der Waals surface area contributed by atoms with Gasteiger partial charge in [-0.2, -0.15) is 5.10 Å². The number of carboxylic acid groups (broad SMARTS) is 1. The van der Waals surface area contributed by atoms with Gasteiger partial charge in [-0.1, -0.05) is 13.8 Å². The minimum absolute atomic E-state index is 0.00695. The van der Waals surface area contributed by atoms with Gasteiger partial charge in [-0.15, -0.1) is 0 Å². The summed E-state index contributed by atoms with van der Waals surface area (Å²) in [5, 5.41) is 18.1. The van der Waals surface area contributed by atoms with E-state index in [1.54, 1.807) is 10.7 Å². The van der Waals surface area contributed by atoms with Crippen LogP contribution in [-0.2, 0) is 25.7 Å². The maximum atomic E-state index is 13.8. The van der Waals surface area contributed by atoms with Gasteiger partial charge in [0.2, 0.25) is 23.6 Å². The number of amides is 5. The topological polar surface area (TPSA) is 180 Å². The van der Waals surface area contributed by atoms with Gasteiger partial charge in [-0.3, -0.25) is 19.2 Å². The van der Waals surface area contributed by atoms with Crippen LogP contribution in [0, 0.1) is 11.3 Å². The average molecular weight is 556 g/mol. The number of likely N-dealkylation sites (N-methyl/N-ethyl adjacent to an activating group) is 1. The Morgan fingerprint density at radius 1 is 1.34 bits per heavy atom. The molecular formula is C21H30BrN7O6. The highest BCUT2D eigenvalue weighted by molar-refractivity contribution is 9.10. The van der Waals surface area contributed by atoms with Crippen LogP contribution < -0.4 is 16.4 Å². The maximum Gasteiger partial charge on any atom is 0.405 e. The first-order chi connectivity index (χ1) is 16.3. The summed E-state index contributed by atoms with van der Waals surface area (Å²) in [4.78, 5) is 65.6. The Morgan fingerprint density at radius 2 is 2.00 bits per heavy atom. The lowest BCUT2D eigenvalue weighted by Crippen LogP contribution is -2.57. The van der Waals surface area contributed by atoms with Crippen molar-refractivity contribution in [2.45, 2.75) is 58.3 Å². The zero-order valence-electron chi connectivity index (χ0n) is 19.9. The van der Waals surface area contributed by atoms with Crippen LogP contribution in [0.25, 0.3) is 0 Å². The molecule has 0 aromatic carbocycles. The smallest absolute Gasteiger partial charge is 0.405 e. The van der Waals surface area contributed by atoms with E-state index in [-0.39, 0.29) is 37.8 Å². The molecule has 1 spiro atoms. The van der Waals surface area contributed by atoms with E-state index in [2.05, 4.69) is 31.7 Å². The molecule has 0 bridgehead atoms. The quantitative estimate of drug-likeness (QED) is 0.370. The Bertz CT molecular complexity index is 1060. The molecule has 3 heterocycles. The van der Waals surface area contributed by atoms with Crippen molar-refractivity contribution in [3.63, 3.8) is 0 Å². The highest BCUT2D eigenvalue weighted by Crippen LogP contribution is 2.41. The van der Waals surface area contributed by atoms with E-state index >= 15 is 0 Å². The molecule has 4 atom stereocenters. The lowest BCUT2D eigenvalue weighted by Gasteiger charge is -2.36. The molecule has 5 amide bonds. The Hall–Kier alpha value is -3.16. The van der Waals surface area contributed by atoms with Crippen LogP contribution >= 0.6 is 15.9 Å². The molecule has 13 nitrogen and oxygen atoms in total. The highest BCUT2D eigenvalue weighted by atomic mass is 79.9. The Labute approximate surface area is 210 Å². The summed E-state index contributed by atoms with van der Waals surface area (Å²) < 4.78 is 2.13. The number of nitrogens with zero attached hydrogens (tertiary/aromatic N) is 4. The second kappa shape index (κ2) is 9.84. The van der Waals surface area contributed by atoms with E-state index in [4.69, 9.17) is 10.8 Å². The molecule has 1 fully saturated rings. The van der Waals surface area contributed by atoms with Crippen molar-refractivity contribution < 1.29 is 29.1 Å². The standard InChI is InChI=1S/C21H30BrN7O6/c1-10(2)5-12(27(4)17(31)11(3)24-20(34)35)18(32)28-8-21(7-13(28)16(23)30)9-29-15(25-19(21)33)6-14(22)26-29/h6,10-13,24H,5,7-9H2,1-4H3,(H2,23,30)(H,25,33)(H,34,35)/t11-,12-,13-,21?/m0/s1. The SMILES string of the molecule is CC(C)C[C@@H](C(=O)N1CC2(C[C@H]1C(N)=O)Cn1nc(Br)cc1NC2=O)N(C)C(=O)[C@H](C)NC(=O)O. The van der Waals surface area contributed by atoms with E-state index in [0.29, 0.717) is 10.4 Å². The fourth-order valence-electron chi connectivity index (χ4n) is 4.73. The normalized spacial score (nSPS) is 23.0. The number of nitrogens with two attached hydrogens (primary N) is 1. The number of aromatic nitrogens is 2. The second-order valence-electron chi connectivity index (χ2n) is 9.60. The third-order valence-corrected chi connectivity index (χ3v) is 6.86. The Balaban J connectivity index is 1.91. The lowest BCUT2D eigenvalue weighted by atomic mass is 9.83. The van der Waals surface area contributed by atoms with Crippen LogP contribution in [0.3, 0.4) is 0 Å². The Kier molecular flexibility index (Phi) is 7.43. The molecule has 35 heavy (non-hydrogen) atoms. The number of anilines is 1. The number of carbonyl (C=O) groups is 5. The van der Waals surface area contributed by atoms with E-state index in [0.717, 1.165) is 0 Å². The van der Waals surface area contributed by atoms with Crippen LogP contribution in [-0.4, -0.2) is 86.1 Å². The van der Waals surface area contributed by atoms with Crippen molar-refractivity contribution >= 4 is 51.5 Å². The predicted octanol–water partition coefficient (Wildman–Crippen LogP) is 0.200. The van der Waals surface area contributed by atoms with Crippen molar-refractivity contribution in [3.8, 4) is 0 Å². The van der Waals surface area contributed by atoms with Crippen LogP contribution in [0.5, 0.6) is 0 Å². The first-order valence-electron chi connectivity index (χ1n) is 11.2. The molecule has 1 saturated heterocycles. The van der Waals surface area contributed by atoms with Gasteiger partial charge >= 0.3 is 6.09 Å². The van der Waals surface area contributed by atoms with E-state index in [1.807, 2.05) is 13.8 Å². The van der Waals surface area contributed by atoms with Gasteiger partial charge in [0.1, 0.15) is 28.5 Å². The van der Waals surface area contributed by atoms with E-state index < -0.39 is 47.4 Å². The number of fused-ring (bicyclic) bond motifs is 1. The third kappa shape index (κ3) is 5.26. The first kappa shape index (κ1) is 26.4. The van der Waals surface area contributed by atoms with Crippen molar-refractivity contribution in [1.29, 1.82) is 0 Å². The number of carbonyl (C=O) groups excluding carboxylic acids is 4. The average Bonchev–Trinajstić information content (AvgIpc) is 3.31. The molecule has 3 rings (SSSR count). The van der Waals surface area contributed by atoms with Crippen molar-refractivity contribution in [2.75, 3.05) is 18.9 Å². The molecule has 14 heteroatoms. The van der Waals surface area contributed by atoms with Crippen molar-refractivity contribution in [2.24, 2.45) is 17.1 Å². The number of hydrogen-bond donors (Lipinski definition) is 4. The third-order valence-electron chi connectivity index (χ3n) is 6.48. The molecule has 2 aliphatic rings. The molecular weight excluding hydrogens is 526 g/mol. The molecule has 1 aromatic heterocycles. The van der Waals surface area contributed by atoms with E-state index in [9.17, 15) is 24.0 Å². The van der Waals surface area contributed by atoms with Crippen LogP contribution in [0.15, 0.2) is 10.7 Å². The van der Waals surface area contributed by atoms with E-state index in [1.165, 1.54) is 23.8 Å². The first-order valence-corrected chi connectivity index (χ1v) is 12.0. The predicted molar refractivity (Wildman–Crippen MR) is 127 cm³/mol. The molecule has 0 radical (unpaired) electrons. The van der Waals surface area contributed by atoms with Crippen LogP contribution in [0.2, 0.25) is 0 Å². The van der Waals surface area contributed by atoms with Gasteiger partial charge in [0.05, 0.1) is 12.0 Å². The molecule has 2 aliphatic heterocycles. The molecule has 0 saturated carbocycles. The van der Waals surface area contributed by atoms with Gasteiger partial charge < -0.3 is 31.3 Å². The number of primary amides is 1. The second-order valence-corrected chi connectivity index (χ2v) is 10.4. The number of hydrogen-bond acceptors (Lipinski definition) is 6. The summed E-state index contributed by atoms with van der Waals surface area (Å²) in [6.07, 6.45) is -1.09. The molecule has 1 unspecified atom stereocenters. The molecule has 192 valence electrons. The zero-order chi connectivity index (χ0) is 26.2. The van der Waals surface area contributed by atoms with Gasteiger partial charge in [-0.05, 0) is 41.6 Å². The van der Waals surface area contributed by atoms with Gasteiger partial charge in [0.15, 0.2) is 0 Å². The van der Waals surface area contributed by atoms with Crippen molar-refractivity contribution in [3.05, 3.63) is 10.7 Å². The zero-order valence-corrected chi connectivity index (χ0v) is 21.5. The Morgan fingerprint density at radius 3 is 2.57 bits per heavy atom. The summed E-state index contributed by atoms with van der Waals surface area (Å²) in [6.45, 7) is 5.20. The number of likely N-dealkylation sites (tertiary alicyclic amines) is 1. The maximum absolute atomic E-state index is 13.8. The summed E-state index contributed by atoms with van der Waals surface area (Å²) in [5.41, 5.74) is 4.52. The fourth-order valence-corrected chi connectivity index (χ4v) is 5.14. The largest absolute Gasteiger partial charge is 0.465 e. The summed E-state index contributed by atoms with van der Waals surface area (Å²) in [6, 6.07) is -1.47. The monoisotopic (exact) mass is 555 g/mol. The lowest BCUT2D eigenvalue weighted by molar-refractivity contribution is -0.148. The minimum atomic E-state index is -1.37. The minimum Gasteiger partial charge on any atom is -0.465 e. The van der Waals surface area contributed by atoms with Crippen LogP contribution in [0.4, 0.5) is 10.6 Å². The summed E-state index contributed by atoms with van der Waals surface area (Å²) in [5.74, 6) is -1.74. The summed E-state index contributed by atoms with van der Waals surface area (Å²) in [7, 11) is 1.42. The summed E-state index contributed by atoms with van der Waals surface area (Å²) >= 11 is 3.28. The fraction of sp³-hybridized carbons (Fsp3) is 0.619. The number of nitrogens with one attached hydrogen (secondary N) is 2. The number of halogens is 1. The van der Waals surface area contributed by atoms with Crippen LogP contribution in [0.1, 0.15) is 33.6 Å². The van der Waals surface area contributed by atoms with Crippen molar-refractivity contribution in [1.82, 2.24) is 24.9 Å². The van der Waals surface area contributed by atoms with Gasteiger partial charge in [-0.25, -0.2) is 9.48 Å². The molecule has 0 aliphatic carbocycles. The molecule has 5 N–H and O–H groups in total.